The van der Waals surface area contributed by atoms with Crippen molar-refractivity contribution in [3.8, 4) is 5.75 Å². The molecule has 0 saturated carbocycles. The summed E-state index contributed by atoms with van der Waals surface area (Å²) in [5.41, 5.74) is 0.920. The van der Waals surface area contributed by atoms with Crippen LogP contribution in [0.2, 0.25) is 0 Å². The summed E-state index contributed by atoms with van der Waals surface area (Å²) in [4.78, 5) is 0. The van der Waals surface area contributed by atoms with Gasteiger partial charge in [0.1, 0.15) is 5.75 Å². The van der Waals surface area contributed by atoms with Crippen LogP contribution < -0.4 is 4.18 Å². The van der Waals surface area contributed by atoms with Crippen molar-refractivity contribution in [3.63, 3.8) is 0 Å². The van der Waals surface area contributed by atoms with Gasteiger partial charge in [0.15, 0.2) is 0 Å². The van der Waals surface area contributed by atoms with E-state index in [-0.39, 0.29) is 51.4 Å². The molecule has 0 aliphatic heterocycles. The molecule has 0 N–H and O–H groups in total. The summed E-state index contributed by atoms with van der Waals surface area (Å²) in [7, 11) is -2.82. The summed E-state index contributed by atoms with van der Waals surface area (Å²) in [6.45, 7) is 3.56. The number of rotatable bonds is 3. The van der Waals surface area contributed by atoms with Crippen LogP contribution in [-0.4, -0.2) is 59.8 Å². The Hall–Kier alpha value is 0.346. The molecule has 0 saturated heterocycles. The van der Waals surface area contributed by atoms with Crippen molar-refractivity contribution >= 4 is 68.4 Å². The van der Waals surface area contributed by atoms with E-state index >= 15 is 0 Å². The third-order valence-electron chi connectivity index (χ3n) is 1.30. The van der Waals surface area contributed by atoms with Crippen LogP contribution in [0.1, 0.15) is 5.56 Å². The maximum absolute atomic E-state index is 10.1. The van der Waals surface area contributed by atoms with Gasteiger partial charge in [0.05, 0.1) is 0 Å². The first kappa shape index (κ1) is 13.3. The second-order valence-corrected chi connectivity index (χ2v) is 2.72. The van der Waals surface area contributed by atoms with Crippen LogP contribution in [0.15, 0.2) is 30.8 Å². The first-order chi connectivity index (χ1) is 5.72. The zero-order valence-electron chi connectivity index (χ0n) is 6.27. The molecule has 0 spiro atoms. The Morgan fingerprint density at radius 3 is 2.15 bits per heavy atom. The van der Waals surface area contributed by atoms with Crippen LogP contribution in [0, 0.1) is 0 Å². The summed E-state index contributed by atoms with van der Waals surface area (Å²) < 4.78 is 24.7. The average molecular weight is 224 g/mol. The number of hydrogen-bond donors (Lipinski definition) is 1. The molecular weight excluding hydrogens is 215 g/mol. The van der Waals surface area contributed by atoms with Gasteiger partial charge in [0, 0.05) is 0 Å². The van der Waals surface area contributed by atoms with Gasteiger partial charge < -0.3 is 4.18 Å². The van der Waals surface area contributed by atoms with Crippen LogP contribution in [-0.2, 0) is 11.0 Å². The van der Waals surface area contributed by atoms with Crippen molar-refractivity contribution in [2.45, 2.75) is 0 Å². The fraction of sp³-hybridized carbons (Fsp3) is 0. The first-order valence-electron chi connectivity index (χ1n) is 3.27. The van der Waals surface area contributed by atoms with E-state index in [1.54, 1.807) is 30.3 Å². The summed E-state index contributed by atoms with van der Waals surface area (Å²) >= 11 is 0. The Bertz CT molecular complexity index is 335. The quantitative estimate of drug-likeness (QED) is 0.603. The van der Waals surface area contributed by atoms with E-state index in [9.17, 15) is 8.42 Å². The minimum atomic E-state index is -2.82. The molecule has 3 nitrogen and oxygen atoms in total. The van der Waals surface area contributed by atoms with Crippen LogP contribution >= 0.6 is 0 Å². The monoisotopic (exact) mass is 224 g/mol. The molecule has 0 amide bonds. The average Bonchev–Trinajstić information content (AvgIpc) is 2.05. The van der Waals surface area contributed by atoms with E-state index < -0.39 is 11.0 Å². The van der Waals surface area contributed by atoms with Gasteiger partial charge in [-0.2, -0.15) is 8.42 Å². The van der Waals surface area contributed by atoms with Crippen molar-refractivity contribution in [3.05, 3.63) is 36.4 Å². The van der Waals surface area contributed by atoms with Crippen LogP contribution in [0.25, 0.3) is 6.08 Å². The second-order valence-electron chi connectivity index (χ2n) is 2.09. The fourth-order valence-electron chi connectivity index (χ4n) is 0.751. The van der Waals surface area contributed by atoms with E-state index in [1.165, 1.54) is 0 Å². The molecule has 0 unspecified atom stereocenters. The maximum atomic E-state index is 10.1. The molecule has 1 aromatic carbocycles. The molecule has 0 fully saturated rings. The third kappa shape index (κ3) is 4.95. The zero-order chi connectivity index (χ0) is 8.97. The second kappa shape index (κ2) is 6.75. The predicted molar refractivity (Wildman–Crippen MR) is 54.6 cm³/mol. The van der Waals surface area contributed by atoms with E-state index in [2.05, 4.69) is 10.8 Å². The number of hydrogen-bond acceptors (Lipinski definition) is 3. The third-order valence-corrected chi connectivity index (χ3v) is 1.66. The van der Waals surface area contributed by atoms with Crippen LogP contribution in [0.3, 0.4) is 0 Å². The molecule has 0 bridgehead atoms. The molecule has 0 aliphatic rings. The molecule has 13 heavy (non-hydrogen) atoms. The number of thiol groups is 1. The van der Waals surface area contributed by atoms with Crippen molar-refractivity contribution in [2.24, 2.45) is 0 Å². The minimum absolute atomic E-state index is 0. The Balaban J connectivity index is 0.00000144. The molecule has 0 aromatic heterocycles. The fourth-order valence-corrected chi connectivity index (χ4v) is 1.04. The van der Waals surface area contributed by atoms with Gasteiger partial charge in [0.25, 0.3) is 11.0 Å². The van der Waals surface area contributed by atoms with E-state index in [4.69, 9.17) is 0 Å². The van der Waals surface area contributed by atoms with E-state index in [1.807, 2.05) is 0 Å². The Morgan fingerprint density at radius 2 is 1.77 bits per heavy atom. The summed E-state index contributed by atoms with van der Waals surface area (Å²) in [5, 5.41) is 0. The zero-order valence-corrected chi connectivity index (χ0v) is 7.16. The standard InChI is InChI=1S/C8H8O3S.K.H/c1-2-7-3-5-8(6-4-7)11-12(9)10;;/h2-6,12H,1H2;;. The van der Waals surface area contributed by atoms with Gasteiger partial charge in [0.2, 0.25) is 0 Å². The normalized spacial score (nSPS) is 9.00. The van der Waals surface area contributed by atoms with Gasteiger partial charge >= 0.3 is 51.4 Å². The SMILES string of the molecule is C=Cc1ccc(O[SH](=O)=O)cc1.[KH]. The molecule has 1 aromatic rings. The van der Waals surface area contributed by atoms with Gasteiger partial charge in [-0.25, -0.2) is 0 Å². The molecular formula is C8H9KO3S. The van der Waals surface area contributed by atoms with Gasteiger partial charge in [-0.05, 0) is 17.7 Å². The molecule has 0 heterocycles. The molecule has 1 rings (SSSR count). The van der Waals surface area contributed by atoms with Gasteiger partial charge in [-0.1, -0.05) is 24.8 Å². The molecule has 0 aliphatic carbocycles. The Labute approximate surface area is 121 Å². The molecule has 5 heteroatoms. The van der Waals surface area contributed by atoms with Crippen molar-refractivity contribution in [1.82, 2.24) is 0 Å². The van der Waals surface area contributed by atoms with E-state index in [0.717, 1.165) is 5.56 Å². The first-order valence-corrected chi connectivity index (χ1v) is 4.37. The molecule has 0 radical (unpaired) electrons. The predicted octanol–water partition coefficient (Wildman–Crippen LogP) is 0.586. The summed E-state index contributed by atoms with van der Waals surface area (Å²) in [6.07, 6.45) is 1.67. The number of benzene rings is 1. The van der Waals surface area contributed by atoms with Crippen molar-refractivity contribution < 1.29 is 12.6 Å². The van der Waals surface area contributed by atoms with Gasteiger partial charge in [-0.3, -0.25) is 0 Å². The summed E-state index contributed by atoms with van der Waals surface area (Å²) in [6, 6.07) is 6.59. The Kier molecular flexibility index (Phi) is 6.93. The topological polar surface area (TPSA) is 43.4 Å². The molecule has 66 valence electrons. The van der Waals surface area contributed by atoms with Crippen LogP contribution in [0.5, 0.6) is 5.75 Å². The summed E-state index contributed by atoms with van der Waals surface area (Å²) in [5.74, 6) is 0.316. The van der Waals surface area contributed by atoms with Gasteiger partial charge in [-0.15, -0.1) is 0 Å². The van der Waals surface area contributed by atoms with Crippen molar-refractivity contribution in [2.75, 3.05) is 0 Å². The van der Waals surface area contributed by atoms with Crippen molar-refractivity contribution in [1.29, 1.82) is 0 Å². The molecule has 0 atom stereocenters. The Morgan fingerprint density at radius 1 is 1.23 bits per heavy atom. The van der Waals surface area contributed by atoms with Crippen LogP contribution in [0.4, 0.5) is 0 Å². The van der Waals surface area contributed by atoms with E-state index in [0.29, 0.717) is 5.75 Å².